The number of hydrogen-bond acceptors (Lipinski definition) is 3. The summed E-state index contributed by atoms with van der Waals surface area (Å²) in [5.74, 6) is 0.894. The van der Waals surface area contributed by atoms with Gasteiger partial charge in [0.1, 0.15) is 17.1 Å². The van der Waals surface area contributed by atoms with Crippen molar-refractivity contribution in [2.24, 2.45) is 0 Å². The van der Waals surface area contributed by atoms with Crippen LogP contribution in [0.2, 0.25) is 0 Å². The Bertz CT molecular complexity index is 552. The van der Waals surface area contributed by atoms with Crippen LogP contribution in [-0.4, -0.2) is 13.1 Å². The van der Waals surface area contributed by atoms with Crippen LogP contribution in [0.1, 0.15) is 21.7 Å². The van der Waals surface area contributed by atoms with E-state index in [9.17, 15) is 4.79 Å². The van der Waals surface area contributed by atoms with Crippen molar-refractivity contribution in [1.29, 1.82) is 0 Å². The topological polar surface area (TPSA) is 39.4 Å². The number of ether oxygens (including phenoxy) is 1. The van der Waals surface area contributed by atoms with E-state index in [4.69, 9.17) is 9.15 Å². The summed E-state index contributed by atoms with van der Waals surface area (Å²) in [6.45, 7) is 3.77. The molecule has 0 saturated carbocycles. The maximum atomic E-state index is 11.5. The molecule has 2 rings (SSSR count). The van der Waals surface area contributed by atoms with Crippen LogP contribution in [0.15, 0.2) is 34.7 Å². The van der Waals surface area contributed by atoms with Gasteiger partial charge in [0, 0.05) is 5.56 Å². The quantitative estimate of drug-likeness (QED) is 0.743. The maximum absolute atomic E-state index is 11.5. The number of benzene rings is 1. The van der Waals surface area contributed by atoms with Gasteiger partial charge in [0.05, 0.1) is 7.11 Å². The van der Waals surface area contributed by atoms with Crippen LogP contribution in [0.25, 0.3) is 11.3 Å². The van der Waals surface area contributed by atoms with E-state index in [0.717, 1.165) is 11.1 Å². The maximum Gasteiger partial charge on any atom is 0.341 e. The number of furan rings is 1. The van der Waals surface area contributed by atoms with Crippen molar-refractivity contribution in [2.45, 2.75) is 13.8 Å². The summed E-state index contributed by atoms with van der Waals surface area (Å²) < 4.78 is 10.3. The summed E-state index contributed by atoms with van der Waals surface area (Å²) in [6, 6.07) is 9.66. The predicted molar refractivity (Wildman–Crippen MR) is 65.0 cm³/mol. The van der Waals surface area contributed by atoms with E-state index >= 15 is 0 Å². The normalized spacial score (nSPS) is 10.3. The van der Waals surface area contributed by atoms with Crippen molar-refractivity contribution >= 4 is 5.97 Å². The number of rotatable bonds is 2. The zero-order chi connectivity index (χ0) is 12.4. The van der Waals surface area contributed by atoms with Gasteiger partial charge < -0.3 is 9.15 Å². The van der Waals surface area contributed by atoms with E-state index in [0.29, 0.717) is 17.1 Å². The van der Waals surface area contributed by atoms with Crippen LogP contribution in [0, 0.1) is 13.8 Å². The van der Waals surface area contributed by atoms with Crippen molar-refractivity contribution in [3.63, 3.8) is 0 Å². The molecule has 0 amide bonds. The molecule has 0 fully saturated rings. The van der Waals surface area contributed by atoms with Gasteiger partial charge in [-0.15, -0.1) is 0 Å². The second-order valence-corrected chi connectivity index (χ2v) is 3.94. The first-order valence-corrected chi connectivity index (χ1v) is 5.37. The predicted octanol–water partition coefficient (Wildman–Crippen LogP) is 3.35. The van der Waals surface area contributed by atoms with E-state index in [-0.39, 0.29) is 5.97 Å². The van der Waals surface area contributed by atoms with Gasteiger partial charge >= 0.3 is 5.97 Å². The highest BCUT2D eigenvalue weighted by molar-refractivity contribution is 5.91. The first-order valence-electron chi connectivity index (χ1n) is 5.37. The Balaban J connectivity index is 2.44. The molecule has 0 atom stereocenters. The standard InChI is InChI=1S/C14H14O3/c1-9-5-4-6-11(7-9)13-8-12(10(2)17-13)14(15)16-3/h4-8H,1-3H3. The second kappa shape index (κ2) is 4.45. The molecule has 3 heteroatoms. The Kier molecular flexibility index (Phi) is 3.00. The molecule has 0 radical (unpaired) electrons. The van der Waals surface area contributed by atoms with Crippen molar-refractivity contribution in [1.82, 2.24) is 0 Å². The van der Waals surface area contributed by atoms with Gasteiger partial charge in [-0.2, -0.15) is 0 Å². The number of methoxy groups -OCH3 is 1. The van der Waals surface area contributed by atoms with Crippen LogP contribution < -0.4 is 0 Å². The van der Waals surface area contributed by atoms with Crippen LogP contribution >= 0.6 is 0 Å². The lowest BCUT2D eigenvalue weighted by atomic mass is 10.1. The molecule has 2 aromatic rings. The van der Waals surface area contributed by atoms with E-state index in [1.54, 1.807) is 13.0 Å². The molecule has 1 aromatic heterocycles. The lowest BCUT2D eigenvalue weighted by molar-refractivity contribution is 0.0599. The van der Waals surface area contributed by atoms with Crippen molar-refractivity contribution < 1.29 is 13.9 Å². The van der Waals surface area contributed by atoms with Crippen LogP contribution in [0.4, 0.5) is 0 Å². The van der Waals surface area contributed by atoms with Gasteiger partial charge in [-0.1, -0.05) is 23.8 Å². The summed E-state index contributed by atoms with van der Waals surface area (Å²) in [6.07, 6.45) is 0. The molecule has 0 aliphatic rings. The number of hydrogen-bond donors (Lipinski definition) is 0. The molecule has 0 aliphatic heterocycles. The van der Waals surface area contributed by atoms with Crippen LogP contribution in [0.3, 0.4) is 0 Å². The van der Waals surface area contributed by atoms with Gasteiger partial charge in [-0.05, 0) is 26.0 Å². The number of carbonyl (C=O) groups is 1. The van der Waals surface area contributed by atoms with Crippen molar-refractivity contribution in [2.75, 3.05) is 7.11 Å². The Morgan fingerprint density at radius 3 is 2.65 bits per heavy atom. The smallest absolute Gasteiger partial charge is 0.341 e. The molecule has 0 spiro atoms. The fourth-order valence-corrected chi connectivity index (χ4v) is 1.74. The minimum Gasteiger partial charge on any atom is -0.465 e. The fraction of sp³-hybridized carbons (Fsp3) is 0.214. The van der Waals surface area contributed by atoms with Gasteiger partial charge in [0.15, 0.2) is 0 Å². The number of aryl methyl sites for hydroxylation is 2. The average Bonchev–Trinajstić information content (AvgIpc) is 2.70. The van der Waals surface area contributed by atoms with Gasteiger partial charge in [0.2, 0.25) is 0 Å². The monoisotopic (exact) mass is 230 g/mol. The third-order valence-corrected chi connectivity index (χ3v) is 2.63. The first-order chi connectivity index (χ1) is 8.11. The van der Waals surface area contributed by atoms with E-state index < -0.39 is 0 Å². The molecule has 0 N–H and O–H groups in total. The summed E-state index contributed by atoms with van der Waals surface area (Å²) in [4.78, 5) is 11.5. The highest BCUT2D eigenvalue weighted by Gasteiger charge is 2.16. The highest BCUT2D eigenvalue weighted by Crippen LogP contribution is 2.26. The van der Waals surface area contributed by atoms with Crippen molar-refractivity contribution in [3.05, 3.63) is 47.2 Å². The summed E-state index contributed by atoms with van der Waals surface area (Å²) in [5, 5.41) is 0. The molecule has 17 heavy (non-hydrogen) atoms. The summed E-state index contributed by atoms with van der Waals surface area (Å²) in [7, 11) is 1.36. The average molecular weight is 230 g/mol. The van der Waals surface area contributed by atoms with E-state index in [2.05, 4.69) is 0 Å². The fourth-order valence-electron chi connectivity index (χ4n) is 1.74. The first kappa shape index (κ1) is 11.5. The third-order valence-electron chi connectivity index (χ3n) is 2.63. The van der Waals surface area contributed by atoms with Crippen LogP contribution in [0.5, 0.6) is 0 Å². The second-order valence-electron chi connectivity index (χ2n) is 3.94. The Morgan fingerprint density at radius 1 is 1.24 bits per heavy atom. The molecule has 0 bridgehead atoms. The van der Waals surface area contributed by atoms with E-state index in [1.165, 1.54) is 7.11 Å². The molecule has 0 aliphatic carbocycles. The van der Waals surface area contributed by atoms with Gasteiger partial charge in [0.25, 0.3) is 0 Å². The Morgan fingerprint density at radius 2 is 2.00 bits per heavy atom. The highest BCUT2D eigenvalue weighted by atomic mass is 16.5. The Labute approximate surface area is 100 Å². The Hall–Kier alpha value is -2.03. The minimum absolute atomic E-state index is 0.370. The molecule has 3 nitrogen and oxygen atoms in total. The van der Waals surface area contributed by atoms with Crippen LogP contribution in [-0.2, 0) is 4.74 Å². The molecule has 0 unspecified atom stereocenters. The molecule has 88 valence electrons. The zero-order valence-corrected chi connectivity index (χ0v) is 10.1. The number of esters is 1. The van der Waals surface area contributed by atoms with E-state index in [1.807, 2.05) is 31.2 Å². The lowest BCUT2D eigenvalue weighted by Gasteiger charge is -1.97. The largest absolute Gasteiger partial charge is 0.465 e. The summed E-state index contributed by atoms with van der Waals surface area (Å²) in [5.41, 5.74) is 2.59. The van der Waals surface area contributed by atoms with Gasteiger partial charge in [-0.3, -0.25) is 0 Å². The molecule has 0 saturated heterocycles. The SMILES string of the molecule is COC(=O)c1cc(-c2cccc(C)c2)oc1C. The minimum atomic E-state index is -0.370. The molecule has 1 aromatic carbocycles. The third kappa shape index (κ3) is 2.23. The molecular formula is C14H14O3. The summed E-state index contributed by atoms with van der Waals surface area (Å²) >= 11 is 0. The molecule has 1 heterocycles. The zero-order valence-electron chi connectivity index (χ0n) is 10.1. The van der Waals surface area contributed by atoms with Gasteiger partial charge in [-0.25, -0.2) is 4.79 Å². The molecular weight excluding hydrogens is 216 g/mol. The lowest BCUT2D eigenvalue weighted by Crippen LogP contribution is -2.00. The van der Waals surface area contributed by atoms with Crippen molar-refractivity contribution in [3.8, 4) is 11.3 Å². The number of carbonyl (C=O) groups excluding carboxylic acids is 1.